The molecule has 2 aromatic heterocycles. The zero-order chi connectivity index (χ0) is 23.3. The highest BCUT2D eigenvalue weighted by atomic mass is 35.5. The Hall–Kier alpha value is -2.62. The van der Waals surface area contributed by atoms with Crippen LogP contribution in [-0.4, -0.2) is 63.2 Å². The third-order valence-electron chi connectivity index (χ3n) is 6.92. The van der Waals surface area contributed by atoms with Crippen LogP contribution in [0, 0.1) is 5.82 Å². The zero-order valence-corrected chi connectivity index (χ0v) is 19.4. The number of hydrogen-bond donors (Lipinski definition) is 0. The van der Waals surface area contributed by atoms with Gasteiger partial charge in [-0.3, -0.25) is 9.47 Å². The maximum atomic E-state index is 14.9. The number of rotatable bonds is 4. The van der Waals surface area contributed by atoms with Crippen molar-refractivity contribution in [3.05, 3.63) is 64.6 Å². The van der Waals surface area contributed by atoms with Gasteiger partial charge < -0.3 is 9.64 Å². The number of hydrogen-bond acceptors (Lipinski definition) is 6. The first-order valence-corrected chi connectivity index (χ1v) is 11.9. The standard InChI is InChI=1S/C24H25ClF2N6O/c25-18-1-3-20-17(9-18)11-31(13-24(27)14-34-15-24)12-22-29-30-23(33(20)22)16-5-7-32(8-6-16)21-4-2-19(26)10-28-21/h1-4,9-10,16H,5-8,11-15H2. The van der Waals surface area contributed by atoms with E-state index in [1.165, 1.54) is 12.3 Å². The van der Waals surface area contributed by atoms with Gasteiger partial charge in [-0.2, -0.15) is 0 Å². The van der Waals surface area contributed by atoms with Crippen LogP contribution in [0.3, 0.4) is 0 Å². The molecule has 0 aliphatic carbocycles. The molecule has 0 saturated carbocycles. The van der Waals surface area contributed by atoms with Crippen molar-refractivity contribution in [3.8, 4) is 5.69 Å². The van der Waals surface area contributed by atoms with Crippen LogP contribution in [0.15, 0.2) is 36.5 Å². The molecule has 0 N–H and O–H groups in total. The SMILES string of the molecule is Fc1ccc(N2CCC(c3nnc4n3-c3ccc(Cl)cc3CN(CC3(F)COC3)C4)CC2)nc1. The molecule has 7 nitrogen and oxygen atoms in total. The summed E-state index contributed by atoms with van der Waals surface area (Å²) in [5.41, 5.74) is 0.712. The van der Waals surface area contributed by atoms with E-state index in [2.05, 4.69) is 29.5 Å². The lowest BCUT2D eigenvalue weighted by Gasteiger charge is -2.37. The highest BCUT2D eigenvalue weighted by Crippen LogP contribution is 2.35. The molecular weight excluding hydrogens is 462 g/mol. The summed E-state index contributed by atoms with van der Waals surface area (Å²) >= 11 is 6.33. The lowest BCUT2D eigenvalue weighted by Crippen LogP contribution is -2.53. The smallest absolute Gasteiger partial charge is 0.169 e. The van der Waals surface area contributed by atoms with Crippen molar-refractivity contribution in [2.24, 2.45) is 0 Å². The van der Waals surface area contributed by atoms with Gasteiger partial charge >= 0.3 is 0 Å². The van der Waals surface area contributed by atoms with Gasteiger partial charge in [-0.15, -0.1) is 10.2 Å². The summed E-state index contributed by atoms with van der Waals surface area (Å²) in [6, 6.07) is 9.00. The van der Waals surface area contributed by atoms with Gasteiger partial charge in [-0.25, -0.2) is 13.8 Å². The number of pyridine rings is 1. The van der Waals surface area contributed by atoms with Crippen molar-refractivity contribution >= 4 is 17.4 Å². The van der Waals surface area contributed by atoms with Gasteiger partial charge in [0, 0.05) is 37.1 Å². The summed E-state index contributed by atoms with van der Waals surface area (Å²) in [6.45, 7) is 3.23. The number of halogens is 3. The summed E-state index contributed by atoms with van der Waals surface area (Å²) < 4.78 is 35.4. The number of ether oxygens (including phenoxy) is 1. The predicted molar refractivity (Wildman–Crippen MR) is 124 cm³/mol. The number of piperidine rings is 1. The number of fused-ring (bicyclic) bond motifs is 3. The van der Waals surface area contributed by atoms with Crippen LogP contribution in [-0.2, 0) is 17.8 Å². The van der Waals surface area contributed by atoms with E-state index in [-0.39, 0.29) is 31.5 Å². The molecule has 178 valence electrons. The molecule has 0 unspecified atom stereocenters. The molecule has 5 heterocycles. The molecule has 3 aromatic rings. The van der Waals surface area contributed by atoms with Crippen LogP contribution in [0.1, 0.15) is 36.0 Å². The van der Waals surface area contributed by atoms with Gasteiger partial charge in [0.1, 0.15) is 17.5 Å². The fourth-order valence-electron chi connectivity index (χ4n) is 5.20. The topological polar surface area (TPSA) is 59.3 Å². The minimum atomic E-state index is -1.32. The van der Waals surface area contributed by atoms with Gasteiger partial charge in [0.25, 0.3) is 0 Å². The van der Waals surface area contributed by atoms with Gasteiger partial charge in [0.05, 0.1) is 31.6 Å². The Morgan fingerprint density at radius 3 is 2.62 bits per heavy atom. The fourth-order valence-corrected chi connectivity index (χ4v) is 5.40. The van der Waals surface area contributed by atoms with Crippen molar-refractivity contribution in [2.45, 2.75) is 37.5 Å². The van der Waals surface area contributed by atoms with E-state index in [1.807, 2.05) is 18.2 Å². The van der Waals surface area contributed by atoms with Crippen molar-refractivity contribution in [1.82, 2.24) is 24.6 Å². The number of anilines is 1. The maximum absolute atomic E-state index is 14.9. The molecule has 0 radical (unpaired) electrons. The lowest BCUT2D eigenvalue weighted by molar-refractivity contribution is -0.142. The first-order chi connectivity index (χ1) is 16.5. The Bertz CT molecular complexity index is 1190. The van der Waals surface area contributed by atoms with E-state index in [1.54, 1.807) is 6.07 Å². The molecule has 6 rings (SSSR count). The van der Waals surface area contributed by atoms with Crippen molar-refractivity contribution in [3.63, 3.8) is 0 Å². The summed E-state index contributed by atoms with van der Waals surface area (Å²) in [5.74, 6) is 2.41. The van der Waals surface area contributed by atoms with Gasteiger partial charge in [-0.1, -0.05) is 11.6 Å². The Morgan fingerprint density at radius 1 is 1.09 bits per heavy atom. The second-order valence-corrected chi connectivity index (χ2v) is 9.90. The van der Waals surface area contributed by atoms with Crippen LogP contribution in [0.5, 0.6) is 0 Å². The largest absolute Gasteiger partial charge is 0.375 e. The Balaban J connectivity index is 1.28. The molecule has 3 aliphatic heterocycles. The number of nitrogens with zero attached hydrogens (tertiary/aromatic N) is 6. The molecule has 34 heavy (non-hydrogen) atoms. The third-order valence-corrected chi connectivity index (χ3v) is 7.16. The summed E-state index contributed by atoms with van der Waals surface area (Å²) in [6.07, 6.45) is 3.02. The number of alkyl halides is 1. The summed E-state index contributed by atoms with van der Waals surface area (Å²) in [4.78, 5) is 8.46. The van der Waals surface area contributed by atoms with E-state index in [4.69, 9.17) is 16.3 Å². The molecular formula is C24H25ClF2N6O. The average molecular weight is 487 g/mol. The molecule has 10 heteroatoms. The second kappa shape index (κ2) is 8.55. The number of aromatic nitrogens is 4. The predicted octanol–water partition coefficient (Wildman–Crippen LogP) is 3.89. The lowest BCUT2D eigenvalue weighted by atomic mass is 9.95. The highest BCUT2D eigenvalue weighted by Gasteiger charge is 2.41. The van der Waals surface area contributed by atoms with Crippen LogP contribution in [0.4, 0.5) is 14.6 Å². The second-order valence-electron chi connectivity index (χ2n) is 9.47. The molecule has 0 bridgehead atoms. The van der Waals surface area contributed by atoms with E-state index in [0.29, 0.717) is 18.1 Å². The molecule has 2 fully saturated rings. The Kier molecular flexibility index (Phi) is 5.50. The maximum Gasteiger partial charge on any atom is 0.169 e. The van der Waals surface area contributed by atoms with E-state index in [0.717, 1.165) is 54.6 Å². The van der Waals surface area contributed by atoms with Crippen LogP contribution in [0.2, 0.25) is 5.02 Å². The van der Waals surface area contributed by atoms with Gasteiger partial charge in [0.15, 0.2) is 11.5 Å². The van der Waals surface area contributed by atoms with Crippen molar-refractivity contribution < 1.29 is 13.5 Å². The van der Waals surface area contributed by atoms with E-state index >= 15 is 0 Å². The van der Waals surface area contributed by atoms with E-state index in [9.17, 15) is 8.78 Å². The van der Waals surface area contributed by atoms with Crippen LogP contribution < -0.4 is 4.90 Å². The number of benzene rings is 1. The van der Waals surface area contributed by atoms with Crippen molar-refractivity contribution in [2.75, 3.05) is 37.7 Å². The molecule has 0 atom stereocenters. The summed E-state index contributed by atoms with van der Waals surface area (Å²) in [5, 5.41) is 9.80. The monoisotopic (exact) mass is 486 g/mol. The minimum Gasteiger partial charge on any atom is -0.375 e. The van der Waals surface area contributed by atoms with Gasteiger partial charge in [-0.05, 0) is 48.7 Å². The van der Waals surface area contributed by atoms with Crippen LogP contribution >= 0.6 is 11.6 Å². The Labute approximate surface area is 201 Å². The first-order valence-electron chi connectivity index (χ1n) is 11.6. The van der Waals surface area contributed by atoms with Gasteiger partial charge in [0.2, 0.25) is 0 Å². The Morgan fingerprint density at radius 2 is 1.91 bits per heavy atom. The molecule has 0 amide bonds. The molecule has 0 spiro atoms. The van der Waals surface area contributed by atoms with Crippen molar-refractivity contribution in [1.29, 1.82) is 0 Å². The average Bonchev–Trinajstić information content (AvgIpc) is 3.15. The first kappa shape index (κ1) is 21.9. The quantitative estimate of drug-likeness (QED) is 0.557. The minimum absolute atomic E-state index is 0.130. The highest BCUT2D eigenvalue weighted by molar-refractivity contribution is 6.30. The summed E-state index contributed by atoms with van der Waals surface area (Å²) in [7, 11) is 0. The van der Waals surface area contributed by atoms with Crippen LogP contribution in [0.25, 0.3) is 5.69 Å². The molecule has 1 aromatic carbocycles. The zero-order valence-electron chi connectivity index (χ0n) is 18.6. The molecule has 2 saturated heterocycles. The van der Waals surface area contributed by atoms with E-state index < -0.39 is 5.67 Å². The molecule has 3 aliphatic rings. The third kappa shape index (κ3) is 4.06. The fraction of sp³-hybridized carbons (Fsp3) is 0.458. The normalized spacial score (nSPS) is 20.4.